The van der Waals surface area contributed by atoms with Gasteiger partial charge in [-0.25, -0.2) is 0 Å². The molecule has 1 aromatic rings. The Morgan fingerprint density at radius 2 is 1.94 bits per heavy atom. The third-order valence-electron chi connectivity index (χ3n) is 2.45. The molecule has 0 aliphatic rings. The van der Waals surface area contributed by atoms with Gasteiger partial charge in [0.25, 0.3) is 0 Å². The summed E-state index contributed by atoms with van der Waals surface area (Å²) in [7, 11) is 0. The van der Waals surface area contributed by atoms with Gasteiger partial charge in [-0.15, -0.1) is 0 Å². The molecule has 1 rings (SSSR count). The van der Waals surface area contributed by atoms with Crippen molar-refractivity contribution in [2.45, 2.75) is 38.5 Å². The van der Waals surface area contributed by atoms with E-state index in [4.69, 9.17) is 5.84 Å². The second-order valence-corrected chi connectivity index (χ2v) is 6.85. The maximum atomic E-state index is 5.64. The number of hydrazine groups is 1. The number of aryl methyl sites for hydroxylation is 1. The van der Waals surface area contributed by atoms with Gasteiger partial charge in [0.2, 0.25) is 0 Å². The van der Waals surface area contributed by atoms with Crippen LogP contribution in [0.25, 0.3) is 0 Å². The summed E-state index contributed by atoms with van der Waals surface area (Å²) in [5.74, 6) is 6.63. The van der Waals surface area contributed by atoms with Crippen LogP contribution in [0.1, 0.15) is 37.9 Å². The summed E-state index contributed by atoms with van der Waals surface area (Å²) in [4.78, 5) is 0. The molecule has 16 heavy (non-hydrogen) atoms. The first-order valence-electron chi connectivity index (χ1n) is 5.59. The van der Waals surface area contributed by atoms with Gasteiger partial charge < -0.3 is 0 Å². The van der Waals surface area contributed by atoms with Crippen molar-refractivity contribution >= 4 is 11.8 Å². The quantitative estimate of drug-likeness (QED) is 0.625. The van der Waals surface area contributed by atoms with Gasteiger partial charge in [-0.1, -0.05) is 45.0 Å². The maximum absolute atomic E-state index is 5.64. The smallest absolute Gasteiger partial charge is 0.0553 e. The van der Waals surface area contributed by atoms with E-state index in [1.807, 2.05) is 11.8 Å². The number of hydrogen-bond donors (Lipinski definition) is 2. The fourth-order valence-electron chi connectivity index (χ4n) is 1.54. The van der Waals surface area contributed by atoms with Crippen molar-refractivity contribution in [1.29, 1.82) is 0 Å². The van der Waals surface area contributed by atoms with Gasteiger partial charge in [0, 0.05) is 10.5 Å². The molecule has 0 amide bonds. The molecule has 0 bridgehead atoms. The van der Waals surface area contributed by atoms with Crippen LogP contribution in [-0.2, 0) is 0 Å². The molecule has 3 N–H and O–H groups in total. The molecule has 0 heterocycles. The molecule has 0 aliphatic carbocycles. The Bertz CT molecular complexity index is 331. The van der Waals surface area contributed by atoms with Crippen molar-refractivity contribution in [1.82, 2.24) is 5.43 Å². The van der Waals surface area contributed by atoms with Crippen LogP contribution in [-0.4, -0.2) is 10.5 Å². The highest BCUT2D eigenvalue weighted by Crippen LogP contribution is 2.29. The molecule has 3 heteroatoms. The first kappa shape index (κ1) is 13.6. The SMILES string of the molecule is Cc1ccccc1C(CSC(C)(C)C)NN. The normalized spacial score (nSPS) is 13.8. The van der Waals surface area contributed by atoms with E-state index in [-0.39, 0.29) is 10.8 Å². The predicted molar refractivity (Wildman–Crippen MR) is 73.5 cm³/mol. The summed E-state index contributed by atoms with van der Waals surface area (Å²) in [6.07, 6.45) is 0. The summed E-state index contributed by atoms with van der Waals surface area (Å²) < 4.78 is 0.276. The van der Waals surface area contributed by atoms with Crippen molar-refractivity contribution in [3.8, 4) is 0 Å². The van der Waals surface area contributed by atoms with Crippen molar-refractivity contribution in [2.24, 2.45) is 5.84 Å². The summed E-state index contributed by atoms with van der Waals surface area (Å²) in [6, 6.07) is 8.62. The minimum atomic E-state index is 0.227. The molecule has 1 aromatic carbocycles. The Kier molecular flexibility index (Phi) is 4.84. The van der Waals surface area contributed by atoms with Gasteiger partial charge in [-0.05, 0) is 18.1 Å². The lowest BCUT2D eigenvalue weighted by atomic mass is 10.0. The van der Waals surface area contributed by atoms with Crippen LogP contribution in [0, 0.1) is 6.92 Å². The minimum Gasteiger partial charge on any atom is -0.271 e. The zero-order valence-corrected chi connectivity index (χ0v) is 11.4. The molecule has 90 valence electrons. The topological polar surface area (TPSA) is 38.0 Å². The van der Waals surface area contributed by atoms with E-state index in [9.17, 15) is 0 Å². The molecular weight excluding hydrogens is 216 g/mol. The summed E-state index contributed by atoms with van der Waals surface area (Å²) in [5.41, 5.74) is 5.50. The monoisotopic (exact) mass is 238 g/mol. The minimum absolute atomic E-state index is 0.227. The Morgan fingerprint density at radius 3 is 2.44 bits per heavy atom. The Balaban J connectivity index is 2.72. The molecule has 0 spiro atoms. The van der Waals surface area contributed by atoms with Crippen LogP contribution in [0.2, 0.25) is 0 Å². The molecular formula is C13H22N2S. The van der Waals surface area contributed by atoms with Crippen LogP contribution in [0.3, 0.4) is 0 Å². The maximum Gasteiger partial charge on any atom is 0.0553 e. The van der Waals surface area contributed by atoms with Crippen LogP contribution < -0.4 is 11.3 Å². The molecule has 0 saturated carbocycles. The molecule has 2 nitrogen and oxygen atoms in total. The summed E-state index contributed by atoms with van der Waals surface area (Å²) in [6.45, 7) is 8.80. The Morgan fingerprint density at radius 1 is 1.31 bits per heavy atom. The van der Waals surface area contributed by atoms with Crippen molar-refractivity contribution in [3.63, 3.8) is 0 Å². The van der Waals surface area contributed by atoms with Gasteiger partial charge in [-0.2, -0.15) is 11.8 Å². The van der Waals surface area contributed by atoms with Gasteiger partial charge in [0.15, 0.2) is 0 Å². The van der Waals surface area contributed by atoms with Crippen LogP contribution >= 0.6 is 11.8 Å². The highest BCUT2D eigenvalue weighted by atomic mass is 32.2. The highest BCUT2D eigenvalue weighted by Gasteiger charge is 2.17. The van der Waals surface area contributed by atoms with Gasteiger partial charge in [0.1, 0.15) is 0 Å². The average Bonchev–Trinajstić information content (AvgIpc) is 2.20. The predicted octanol–water partition coefficient (Wildman–Crippen LogP) is 3.03. The number of hydrogen-bond acceptors (Lipinski definition) is 3. The van der Waals surface area contributed by atoms with Crippen molar-refractivity contribution < 1.29 is 0 Å². The van der Waals surface area contributed by atoms with Crippen LogP contribution in [0.15, 0.2) is 24.3 Å². The van der Waals surface area contributed by atoms with E-state index in [1.54, 1.807) is 0 Å². The fraction of sp³-hybridized carbons (Fsp3) is 0.538. The standard InChI is InChI=1S/C13H22N2S/c1-10-7-5-6-8-11(10)12(15-14)9-16-13(2,3)4/h5-8,12,15H,9,14H2,1-4H3. The molecule has 0 aromatic heterocycles. The zero-order chi connectivity index (χ0) is 12.2. The molecule has 1 atom stereocenters. The lowest BCUT2D eigenvalue weighted by Crippen LogP contribution is -2.31. The third-order valence-corrected chi connectivity index (χ3v) is 3.81. The third kappa shape index (κ3) is 4.16. The second kappa shape index (κ2) is 5.71. The summed E-state index contributed by atoms with van der Waals surface area (Å²) in [5, 5.41) is 0. The first-order chi connectivity index (χ1) is 7.44. The molecule has 0 aliphatic heterocycles. The molecule has 1 unspecified atom stereocenters. The largest absolute Gasteiger partial charge is 0.271 e. The summed E-state index contributed by atoms with van der Waals surface area (Å²) >= 11 is 1.93. The fourth-order valence-corrected chi connectivity index (χ4v) is 2.48. The van der Waals surface area contributed by atoms with E-state index in [2.05, 4.69) is 57.4 Å². The number of rotatable bonds is 4. The van der Waals surface area contributed by atoms with Crippen LogP contribution in [0.5, 0.6) is 0 Å². The Labute approximate surface area is 103 Å². The number of nitrogens with one attached hydrogen (secondary N) is 1. The van der Waals surface area contributed by atoms with Gasteiger partial charge in [-0.3, -0.25) is 11.3 Å². The van der Waals surface area contributed by atoms with Gasteiger partial charge >= 0.3 is 0 Å². The average molecular weight is 238 g/mol. The van der Waals surface area contributed by atoms with Crippen LogP contribution in [0.4, 0.5) is 0 Å². The molecule has 0 saturated heterocycles. The second-order valence-electron chi connectivity index (χ2n) is 5.00. The van der Waals surface area contributed by atoms with E-state index in [0.717, 1.165) is 5.75 Å². The van der Waals surface area contributed by atoms with E-state index >= 15 is 0 Å². The van der Waals surface area contributed by atoms with E-state index in [0.29, 0.717) is 0 Å². The lowest BCUT2D eigenvalue weighted by molar-refractivity contribution is 0.604. The number of benzene rings is 1. The van der Waals surface area contributed by atoms with Crippen molar-refractivity contribution in [2.75, 3.05) is 5.75 Å². The Hall–Kier alpha value is -0.510. The van der Waals surface area contributed by atoms with E-state index < -0.39 is 0 Å². The zero-order valence-electron chi connectivity index (χ0n) is 10.6. The van der Waals surface area contributed by atoms with Gasteiger partial charge in [0.05, 0.1) is 6.04 Å². The highest BCUT2D eigenvalue weighted by molar-refractivity contribution is 8.00. The first-order valence-corrected chi connectivity index (χ1v) is 6.58. The van der Waals surface area contributed by atoms with Crippen molar-refractivity contribution in [3.05, 3.63) is 35.4 Å². The molecule has 0 fully saturated rings. The number of thioether (sulfide) groups is 1. The number of nitrogens with two attached hydrogens (primary N) is 1. The van der Waals surface area contributed by atoms with E-state index in [1.165, 1.54) is 11.1 Å². The molecule has 0 radical (unpaired) electrons. The lowest BCUT2D eigenvalue weighted by Gasteiger charge is -2.23.